The average molecular weight is 751 g/mol. The highest BCUT2D eigenvalue weighted by molar-refractivity contribution is 6.29. The number of rotatable bonds is 2. The molecule has 8 aliphatic carbocycles. The Morgan fingerprint density at radius 3 is 1.31 bits per heavy atom. The van der Waals surface area contributed by atoms with Gasteiger partial charge in [0.2, 0.25) is 0 Å². The lowest BCUT2D eigenvalue weighted by Crippen LogP contribution is -2.58. The number of aliphatic hydroxyl groups is 2. The van der Waals surface area contributed by atoms with Crippen molar-refractivity contribution in [1.29, 1.82) is 0 Å². The van der Waals surface area contributed by atoms with Gasteiger partial charge in [0.25, 0.3) is 0 Å². The Labute approximate surface area is 320 Å². The van der Waals surface area contributed by atoms with Crippen LogP contribution in [0, 0.1) is 57.2 Å². The van der Waals surface area contributed by atoms with Gasteiger partial charge in [-0.15, -0.1) is 0 Å². The minimum absolute atomic E-state index is 0.0813. The summed E-state index contributed by atoms with van der Waals surface area (Å²) in [7, 11) is 0. The largest absolute Gasteiger partial charge is 0.454 e. The first-order valence-corrected chi connectivity index (χ1v) is 21.5. The molecule has 298 valence electrons. The lowest BCUT2D eigenvalue weighted by Gasteiger charge is -2.59. The predicted octanol–water partition coefficient (Wildman–Crippen LogP) is 6.16. The number of hydrogen-bond acceptors (Lipinski definition) is 10. The molecule has 2 heterocycles. The second kappa shape index (κ2) is 12.3. The fourth-order valence-corrected chi connectivity index (χ4v) is 15.6. The van der Waals surface area contributed by atoms with Crippen LogP contribution >= 0.6 is 0 Å². The maximum absolute atomic E-state index is 13.3. The van der Waals surface area contributed by atoms with E-state index < -0.39 is 47.9 Å². The topological polar surface area (TPSA) is 130 Å². The third kappa shape index (κ3) is 4.85. The van der Waals surface area contributed by atoms with Gasteiger partial charge in [-0.1, -0.05) is 51.0 Å². The number of fused-ring (bicyclic) bond motifs is 12. The molecular weight excluding hydrogens is 688 g/mol. The van der Waals surface area contributed by atoms with E-state index in [1.165, 1.54) is 0 Å². The fourth-order valence-electron chi connectivity index (χ4n) is 15.6. The molecule has 10 heteroatoms. The Morgan fingerprint density at radius 1 is 0.556 bits per heavy atom. The van der Waals surface area contributed by atoms with Crippen molar-refractivity contribution in [2.75, 3.05) is 26.4 Å². The first kappa shape index (κ1) is 36.5. The summed E-state index contributed by atoms with van der Waals surface area (Å²) in [6, 6.07) is 0. The summed E-state index contributed by atoms with van der Waals surface area (Å²) in [5.41, 5.74) is 1.94. The van der Waals surface area contributed by atoms with E-state index in [9.17, 15) is 19.8 Å². The van der Waals surface area contributed by atoms with Crippen LogP contribution in [0.2, 0.25) is 0 Å². The SMILES string of the molecule is C[C@]12CC[C@H](OC(=O)C(=O)O[C@H]3CC[C@@]4(C)C(=C[C@@H](O)C5C4CC[C@@]4(C)C5CCC45OCCO5)C3)CC1=C[C@@H](O)C1C2CC[C@@]2(C)C1CCC21OCCO1. The van der Waals surface area contributed by atoms with E-state index in [1.807, 2.05) is 0 Å². The molecule has 2 spiro atoms. The number of hydrogen-bond donors (Lipinski definition) is 2. The number of esters is 2. The van der Waals surface area contributed by atoms with Crippen LogP contribution in [-0.4, -0.2) is 84.6 Å². The fraction of sp³-hybridized carbons (Fsp3) is 0.864. The van der Waals surface area contributed by atoms with Gasteiger partial charge in [-0.3, -0.25) is 0 Å². The summed E-state index contributed by atoms with van der Waals surface area (Å²) >= 11 is 0. The van der Waals surface area contributed by atoms with Crippen LogP contribution in [0.5, 0.6) is 0 Å². The number of carbonyl (C=O) groups excluding carboxylic acids is 2. The van der Waals surface area contributed by atoms with Gasteiger partial charge in [-0.05, 0) is 111 Å². The van der Waals surface area contributed by atoms with E-state index in [4.69, 9.17) is 28.4 Å². The first-order valence-electron chi connectivity index (χ1n) is 21.5. The minimum Gasteiger partial charge on any atom is -0.454 e. The molecule has 8 fully saturated rings. The third-order valence-corrected chi connectivity index (χ3v) is 18.5. The molecule has 2 N–H and O–H groups in total. The smallest absolute Gasteiger partial charge is 0.417 e. The van der Waals surface area contributed by atoms with E-state index in [-0.39, 0.29) is 33.5 Å². The summed E-state index contributed by atoms with van der Waals surface area (Å²) in [5.74, 6) is -1.24. The van der Waals surface area contributed by atoms with E-state index in [0.717, 1.165) is 75.4 Å². The molecule has 0 aromatic heterocycles. The molecule has 14 atom stereocenters. The lowest BCUT2D eigenvalue weighted by atomic mass is 9.47. The molecule has 2 aliphatic heterocycles. The van der Waals surface area contributed by atoms with Crippen LogP contribution in [0.4, 0.5) is 0 Å². The monoisotopic (exact) mass is 750 g/mol. The molecule has 0 radical (unpaired) electrons. The summed E-state index contributed by atoms with van der Waals surface area (Å²) in [6.07, 6.45) is 14.1. The molecule has 0 amide bonds. The van der Waals surface area contributed by atoms with Crippen molar-refractivity contribution in [2.24, 2.45) is 57.2 Å². The van der Waals surface area contributed by atoms with Crippen LogP contribution in [0.1, 0.15) is 118 Å². The molecule has 10 aliphatic rings. The highest BCUT2D eigenvalue weighted by Crippen LogP contribution is 2.70. The van der Waals surface area contributed by atoms with E-state index >= 15 is 0 Å². The van der Waals surface area contributed by atoms with Gasteiger partial charge in [0.15, 0.2) is 11.6 Å². The Morgan fingerprint density at radius 2 is 0.926 bits per heavy atom. The van der Waals surface area contributed by atoms with Crippen molar-refractivity contribution in [3.8, 4) is 0 Å². The summed E-state index contributed by atoms with van der Waals surface area (Å²) in [5, 5.41) is 23.4. The van der Waals surface area contributed by atoms with Gasteiger partial charge in [0.05, 0.1) is 38.6 Å². The highest BCUT2D eigenvalue weighted by atomic mass is 16.7. The Balaban J connectivity index is 0.777. The van der Waals surface area contributed by atoms with Gasteiger partial charge in [-0.25, -0.2) is 9.59 Å². The van der Waals surface area contributed by atoms with Crippen molar-refractivity contribution in [3.05, 3.63) is 23.3 Å². The number of aliphatic hydroxyl groups excluding tert-OH is 2. The Hall–Kier alpha value is -1.82. The number of ether oxygens (including phenoxy) is 6. The van der Waals surface area contributed by atoms with E-state index in [0.29, 0.717) is 75.8 Å². The van der Waals surface area contributed by atoms with Gasteiger partial charge < -0.3 is 38.6 Å². The summed E-state index contributed by atoms with van der Waals surface area (Å²) in [6.45, 7) is 11.9. The van der Waals surface area contributed by atoms with E-state index in [2.05, 4.69) is 39.8 Å². The quantitative estimate of drug-likeness (QED) is 0.192. The van der Waals surface area contributed by atoms with Gasteiger partial charge in [-0.2, -0.15) is 0 Å². The van der Waals surface area contributed by atoms with Crippen LogP contribution in [-0.2, 0) is 38.0 Å². The van der Waals surface area contributed by atoms with Crippen LogP contribution < -0.4 is 0 Å². The van der Waals surface area contributed by atoms with Gasteiger partial charge >= 0.3 is 11.9 Å². The standard InChI is InChI=1S/C44H62O10/c1-39-11-5-27(21-25(39)23-33(45)35-29(39)7-13-41(3)31(35)9-15-43(41)49-17-18-50-43)53-37(47)38(48)54-28-6-12-40(2)26(22-28)24-34(46)36-30(40)8-14-42(4)32(36)10-16-44(42)51-19-20-52-44/h23-24,27-36,45-46H,5-22H2,1-4H3/t27-,28-,29?,30?,31?,32?,33+,34+,35?,36?,39-,40-,41-,42-/m0/s1. The van der Waals surface area contributed by atoms with Crippen molar-refractivity contribution in [2.45, 2.75) is 154 Å². The first-order chi connectivity index (χ1) is 25.8. The average Bonchev–Trinajstić information content (AvgIpc) is 3.94. The second-order valence-electron chi connectivity index (χ2n) is 20.2. The molecule has 6 saturated carbocycles. The highest BCUT2D eigenvalue weighted by Gasteiger charge is 2.69. The molecular formula is C44H62O10. The van der Waals surface area contributed by atoms with Crippen LogP contribution in [0.3, 0.4) is 0 Å². The summed E-state index contributed by atoms with van der Waals surface area (Å²) in [4.78, 5) is 26.5. The van der Waals surface area contributed by atoms with Crippen molar-refractivity contribution in [1.82, 2.24) is 0 Å². The van der Waals surface area contributed by atoms with Crippen LogP contribution in [0.25, 0.3) is 0 Å². The molecule has 6 unspecified atom stereocenters. The molecule has 0 aromatic rings. The van der Waals surface area contributed by atoms with Gasteiger partial charge in [0.1, 0.15) is 12.2 Å². The normalized spacial score (nSPS) is 50.9. The molecule has 10 rings (SSSR count). The zero-order chi connectivity index (χ0) is 37.5. The van der Waals surface area contributed by atoms with Crippen molar-refractivity contribution >= 4 is 11.9 Å². The van der Waals surface area contributed by atoms with Gasteiger partial charge in [0, 0.05) is 36.5 Å². The van der Waals surface area contributed by atoms with Crippen LogP contribution in [0.15, 0.2) is 23.3 Å². The Kier molecular flexibility index (Phi) is 8.35. The molecule has 10 nitrogen and oxygen atoms in total. The zero-order valence-corrected chi connectivity index (χ0v) is 32.8. The molecule has 0 bridgehead atoms. The number of carbonyl (C=O) groups is 2. The molecule has 54 heavy (non-hydrogen) atoms. The second-order valence-corrected chi connectivity index (χ2v) is 20.2. The van der Waals surface area contributed by atoms with E-state index in [1.54, 1.807) is 0 Å². The maximum Gasteiger partial charge on any atom is 0.417 e. The maximum atomic E-state index is 13.3. The molecule has 0 aromatic carbocycles. The third-order valence-electron chi connectivity index (χ3n) is 18.5. The summed E-state index contributed by atoms with van der Waals surface area (Å²) < 4.78 is 36.9. The predicted molar refractivity (Wildman–Crippen MR) is 195 cm³/mol. The lowest BCUT2D eigenvalue weighted by molar-refractivity contribution is -0.246. The minimum atomic E-state index is -0.927. The zero-order valence-electron chi connectivity index (χ0n) is 32.8. The molecule has 2 saturated heterocycles. The Bertz CT molecular complexity index is 1510. The van der Waals surface area contributed by atoms with Crippen molar-refractivity contribution in [3.63, 3.8) is 0 Å². The van der Waals surface area contributed by atoms with Crippen molar-refractivity contribution < 1.29 is 48.2 Å².